The van der Waals surface area contributed by atoms with Gasteiger partial charge in [-0.3, -0.25) is 14.4 Å². The van der Waals surface area contributed by atoms with E-state index < -0.39 is 0 Å². The number of rotatable bonds is 7. The van der Waals surface area contributed by atoms with E-state index in [4.69, 9.17) is 11.6 Å². The van der Waals surface area contributed by atoms with Crippen molar-refractivity contribution >= 4 is 35.0 Å². The Kier molecular flexibility index (Phi) is 7.37. The normalized spacial score (nSPS) is 10.2. The Labute approximate surface area is 163 Å². The molecule has 0 radical (unpaired) electrons. The van der Waals surface area contributed by atoms with Crippen LogP contribution < -0.4 is 16.0 Å². The highest BCUT2D eigenvalue weighted by atomic mass is 35.5. The molecule has 6 nitrogen and oxygen atoms in total. The summed E-state index contributed by atoms with van der Waals surface area (Å²) in [7, 11) is 0. The molecule has 2 aromatic carbocycles. The molecule has 0 aliphatic heterocycles. The van der Waals surface area contributed by atoms with Crippen LogP contribution in [-0.4, -0.2) is 30.8 Å². The van der Waals surface area contributed by atoms with Crippen LogP contribution in [0, 0.1) is 13.8 Å². The molecule has 0 aromatic heterocycles. The van der Waals surface area contributed by atoms with Gasteiger partial charge in [0.1, 0.15) is 0 Å². The minimum atomic E-state index is -0.350. The molecule has 0 aliphatic rings. The van der Waals surface area contributed by atoms with Crippen LogP contribution >= 0.6 is 11.6 Å². The molecule has 27 heavy (non-hydrogen) atoms. The average Bonchev–Trinajstić information content (AvgIpc) is 2.63. The van der Waals surface area contributed by atoms with Gasteiger partial charge in [0.05, 0.1) is 6.54 Å². The van der Waals surface area contributed by atoms with Crippen LogP contribution in [-0.2, 0) is 9.59 Å². The lowest BCUT2D eigenvalue weighted by Gasteiger charge is -2.10. The van der Waals surface area contributed by atoms with Crippen LogP contribution in [0.5, 0.6) is 0 Å². The first-order chi connectivity index (χ1) is 12.9. The van der Waals surface area contributed by atoms with Crippen LogP contribution in [0.25, 0.3) is 0 Å². The van der Waals surface area contributed by atoms with Gasteiger partial charge in [0.15, 0.2) is 0 Å². The average molecular weight is 388 g/mol. The van der Waals surface area contributed by atoms with Crippen LogP contribution in [0.15, 0.2) is 42.5 Å². The predicted molar refractivity (Wildman–Crippen MR) is 106 cm³/mol. The zero-order valence-electron chi connectivity index (χ0n) is 15.3. The molecule has 0 saturated carbocycles. The molecule has 0 unspecified atom stereocenters. The lowest BCUT2D eigenvalue weighted by molar-refractivity contribution is -0.124. The second-order valence-corrected chi connectivity index (χ2v) is 6.52. The van der Waals surface area contributed by atoms with E-state index in [9.17, 15) is 14.4 Å². The Morgan fingerprint density at radius 3 is 2.44 bits per heavy atom. The highest BCUT2D eigenvalue weighted by Gasteiger charge is 2.10. The first-order valence-corrected chi connectivity index (χ1v) is 8.91. The molecule has 0 bridgehead atoms. The summed E-state index contributed by atoms with van der Waals surface area (Å²) in [6.45, 7) is 3.73. The lowest BCUT2D eigenvalue weighted by atomic mass is 10.1. The van der Waals surface area contributed by atoms with Gasteiger partial charge in [-0.2, -0.15) is 0 Å². The van der Waals surface area contributed by atoms with Gasteiger partial charge in [-0.25, -0.2) is 0 Å². The fourth-order valence-corrected chi connectivity index (χ4v) is 2.56. The highest BCUT2D eigenvalue weighted by molar-refractivity contribution is 6.31. The highest BCUT2D eigenvalue weighted by Crippen LogP contribution is 2.22. The van der Waals surface area contributed by atoms with Gasteiger partial charge in [-0.1, -0.05) is 35.4 Å². The SMILES string of the molecule is Cc1cccc(C(=O)NCCC(=O)NCC(=O)Nc2cccc(Cl)c2C)c1. The Balaban J connectivity index is 1.70. The van der Waals surface area contributed by atoms with Crippen LogP contribution in [0.4, 0.5) is 5.69 Å². The van der Waals surface area contributed by atoms with E-state index in [0.29, 0.717) is 16.3 Å². The van der Waals surface area contributed by atoms with Crippen molar-refractivity contribution in [3.05, 3.63) is 64.2 Å². The molecule has 0 saturated heterocycles. The third kappa shape index (κ3) is 6.42. The number of carbonyl (C=O) groups is 3. The van der Waals surface area contributed by atoms with Gasteiger partial charge in [-0.15, -0.1) is 0 Å². The topological polar surface area (TPSA) is 87.3 Å². The lowest BCUT2D eigenvalue weighted by Crippen LogP contribution is -2.35. The molecule has 2 rings (SSSR count). The van der Waals surface area contributed by atoms with Crippen molar-refractivity contribution < 1.29 is 14.4 Å². The van der Waals surface area contributed by atoms with E-state index in [1.54, 1.807) is 43.3 Å². The number of carbonyl (C=O) groups excluding carboxylic acids is 3. The van der Waals surface area contributed by atoms with Gasteiger partial charge in [0, 0.05) is 29.2 Å². The van der Waals surface area contributed by atoms with E-state index in [-0.39, 0.29) is 37.2 Å². The van der Waals surface area contributed by atoms with Gasteiger partial charge in [-0.05, 0) is 43.7 Å². The van der Waals surface area contributed by atoms with Crippen molar-refractivity contribution in [1.29, 1.82) is 0 Å². The standard InChI is InChI=1S/C20H22ClN3O3/c1-13-5-3-6-15(11-13)20(27)22-10-9-18(25)23-12-19(26)24-17-8-4-7-16(21)14(17)2/h3-8,11H,9-10,12H2,1-2H3,(H,22,27)(H,23,25)(H,24,26). The Hall–Kier alpha value is -2.86. The first kappa shape index (κ1) is 20.5. The first-order valence-electron chi connectivity index (χ1n) is 8.53. The number of benzene rings is 2. The number of amides is 3. The van der Waals surface area contributed by atoms with Crippen LogP contribution in [0.3, 0.4) is 0 Å². The third-order valence-electron chi connectivity index (χ3n) is 3.91. The van der Waals surface area contributed by atoms with Crippen molar-refractivity contribution in [2.24, 2.45) is 0 Å². The summed E-state index contributed by atoms with van der Waals surface area (Å²) in [5.41, 5.74) is 2.90. The molecule has 0 atom stereocenters. The fraction of sp³-hybridized carbons (Fsp3) is 0.250. The maximum atomic E-state index is 12.0. The van der Waals surface area contributed by atoms with E-state index in [1.165, 1.54) is 0 Å². The van der Waals surface area contributed by atoms with Gasteiger partial charge in [0.2, 0.25) is 11.8 Å². The van der Waals surface area contributed by atoms with Gasteiger partial charge < -0.3 is 16.0 Å². The smallest absolute Gasteiger partial charge is 0.251 e. The van der Waals surface area contributed by atoms with Crippen LogP contribution in [0.2, 0.25) is 5.02 Å². The Bertz CT molecular complexity index is 852. The Morgan fingerprint density at radius 1 is 0.963 bits per heavy atom. The number of aryl methyl sites for hydroxylation is 1. The summed E-state index contributed by atoms with van der Waals surface area (Å²) in [5, 5.41) is 8.46. The maximum absolute atomic E-state index is 12.0. The maximum Gasteiger partial charge on any atom is 0.251 e. The molecule has 0 fully saturated rings. The minimum Gasteiger partial charge on any atom is -0.352 e. The van der Waals surface area contributed by atoms with E-state index >= 15 is 0 Å². The number of anilines is 1. The van der Waals surface area contributed by atoms with E-state index in [2.05, 4.69) is 16.0 Å². The summed E-state index contributed by atoms with van der Waals surface area (Å²) >= 11 is 6.00. The number of nitrogens with one attached hydrogen (secondary N) is 3. The third-order valence-corrected chi connectivity index (χ3v) is 4.32. The molecule has 2 aromatic rings. The molecular weight excluding hydrogens is 366 g/mol. The molecule has 3 N–H and O–H groups in total. The van der Waals surface area contributed by atoms with Crippen molar-refractivity contribution in [3.63, 3.8) is 0 Å². The van der Waals surface area contributed by atoms with Crippen molar-refractivity contribution in [2.75, 3.05) is 18.4 Å². The predicted octanol–water partition coefficient (Wildman–Crippen LogP) is 2.83. The molecule has 142 valence electrons. The molecular formula is C20H22ClN3O3. The fourth-order valence-electron chi connectivity index (χ4n) is 2.38. The summed E-state index contributed by atoms with van der Waals surface area (Å²) in [6, 6.07) is 12.4. The number of hydrogen-bond acceptors (Lipinski definition) is 3. The monoisotopic (exact) mass is 387 g/mol. The quantitative estimate of drug-likeness (QED) is 0.682. The summed E-state index contributed by atoms with van der Waals surface area (Å²) in [5.74, 6) is -0.907. The van der Waals surface area contributed by atoms with Crippen molar-refractivity contribution in [1.82, 2.24) is 10.6 Å². The summed E-state index contributed by atoms with van der Waals surface area (Å²) in [4.78, 5) is 35.8. The second-order valence-electron chi connectivity index (χ2n) is 6.11. The number of hydrogen-bond donors (Lipinski definition) is 3. The van der Waals surface area contributed by atoms with Gasteiger partial charge >= 0.3 is 0 Å². The van der Waals surface area contributed by atoms with Gasteiger partial charge in [0.25, 0.3) is 5.91 Å². The van der Waals surface area contributed by atoms with Crippen molar-refractivity contribution in [3.8, 4) is 0 Å². The zero-order valence-corrected chi connectivity index (χ0v) is 16.0. The molecule has 3 amide bonds. The summed E-state index contributed by atoms with van der Waals surface area (Å²) < 4.78 is 0. The second kappa shape index (κ2) is 9.73. The summed E-state index contributed by atoms with van der Waals surface area (Å²) in [6.07, 6.45) is 0.0844. The van der Waals surface area contributed by atoms with E-state index in [0.717, 1.165) is 11.1 Å². The molecule has 0 heterocycles. The number of halogens is 1. The molecule has 7 heteroatoms. The van der Waals surface area contributed by atoms with E-state index in [1.807, 2.05) is 13.0 Å². The Morgan fingerprint density at radius 2 is 1.70 bits per heavy atom. The minimum absolute atomic E-state index is 0.0844. The zero-order chi connectivity index (χ0) is 19.8. The molecule has 0 spiro atoms. The molecule has 0 aliphatic carbocycles. The largest absolute Gasteiger partial charge is 0.352 e. The van der Waals surface area contributed by atoms with Crippen molar-refractivity contribution in [2.45, 2.75) is 20.3 Å². The van der Waals surface area contributed by atoms with Crippen LogP contribution in [0.1, 0.15) is 27.9 Å².